The van der Waals surface area contributed by atoms with Crippen LogP contribution in [0.2, 0.25) is 0 Å². The van der Waals surface area contributed by atoms with Gasteiger partial charge in [-0.1, -0.05) is 12.1 Å². The van der Waals surface area contributed by atoms with E-state index in [0.717, 1.165) is 11.3 Å². The summed E-state index contributed by atoms with van der Waals surface area (Å²) in [4.78, 5) is 31.6. The van der Waals surface area contributed by atoms with Crippen LogP contribution in [0.4, 0.5) is 5.69 Å². The van der Waals surface area contributed by atoms with E-state index >= 15 is 0 Å². The smallest absolute Gasteiger partial charge is 0.260 e. The predicted octanol–water partition coefficient (Wildman–Crippen LogP) is 3.39. The number of pyridine rings is 1. The number of hydrogen-bond donors (Lipinski definition) is 1. The Kier molecular flexibility index (Phi) is 4.46. The molecule has 0 aliphatic carbocycles. The number of fused-ring (bicyclic) bond motifs is 1. The quantitative estimate of drug-likeness (QED) is 0.756. The summed E-state index contributed by atoms with van der Waals surface area (Å²) in [5.74, 6) is 0.382. The number of amides is 2. The zero-order valence-corrected chi connectivity index (χ0v) is 14.9. The fourth-order valence-electron chi connectivity index (χ4n) is 3.37. The highest BCUT2D eigenvalue weighted by Crippen LogP contribution is 2.38. The lowest BCUT2D eigenvalue weighted by Crippen LogP contribution is -2.32. The third-order valence-corrected chi connectivity index (χ3v) is 4.61. The Balaban J connectivity index is 1.60. The molecule has 1 aliphatic rings. The summed E-state index contributed by atoms with van der Waals surface area (Å²) in [5.41, 5.74) is 2.99. The molecule has 2 aromatic heterocycles. The third kappa shape index (κ3) is 3.33. The molecule has 0 bridgehead atoms. The number of aryl methyl sites for hydroxylation is 1. The first-order valence-corrected chi connectivity index (χ1v) is 8.77. The Bertz CT molecular complexity index is 982. The lowest BCUT2D eigenvalue weighted by molar-refractivity contribution is -0.121. The van der Waals surface area contributed by atoms with Gasteiger partial charge >= 0.3 is 0 Å². The van der Waals surface area contributed by atoms with Crippen molar-refractivity contribution in [3.05, 3.63) is 83.6 Å². The summed E-state index contributed by atoms with van der Waals surface area (Å²) < 4.78 is 5.24. The van der Waals surface area contributed by atoms with E-state index in [9.17, 15) is 9.59 Å². The van der Waals surface area contributed by atoms with Crippen LogP contribution in [0, 0.1) is 6.92 Å². The number of nitrogens with one attached hydrogen (secondary N) is 1. The van der Waals surface area contributed by atoms with Crippen molar-refractivity contribution in [1.29, 1.82) is 0 Å². The molecule has 0 saturated carbocycles. The van der Waals surface area contributed by atoms with Gasteiger partial charge in [-0.15, -0.1) is 0 Å². The van der Waals surface area contributed by atoms with E-state index in [2.05, 4.69) is 10.3 Å². The van der Waals surface area contributed by atoms with Crippen molar-refractivity contribution in [2.24, 2.45) is 0 Å². The highest BCUT2D eigenvalue weighted by Gasteiger charge is 2.39. The van der Waals surface area contributed by atoms with Crippen LogP contribution in [0.15, 0.2) is 65.4 Å². The van der Waals surface area contributed by atoms with Gasteiger partial charge < -0.3 is 9.73 Å². The van der Waals surface area contributed by atoms with Gasteiger partial charge in [0.25, 0.3) is 5.91 Å². The van der Waals surface area contributed by atoms with Crippen LogP contribution in [0.1, 0.15) is 39.8 Å². The second-order valence-electron chi connectivity index (χ2n) is 6.53. The van der Waals surface area contributed by atoms with Crippen molar-refractivity contribution in [3.63, 3.8) is 0 Å². The summed E-state index contributed by atoms with van der Waals surface area (Å²) in [5, 5.41) is 2.84. The normalized spacial score (nSPS) is 15.7. The average molecular weight is 361 g/mol. The molecule has 4 rings (SSSR count). The number of furan rings is 1. The number of aromatic nitrogens is 1. The minimum atomic E-state index is -0.438. The molecule has 3 heterocycles. The van der Waals surface area contributed by atoms with Crippen molar-refractivity contribution in [2.45, 2.75) is 25.9 Å². The fraction of sp³-hybridized carbons (Fsp3) is 0.190. The Morgan fingerprint density at radius 2 is 2.11 bits per heavy atom. The Hall–Kier alpha value is -3.41. The number of carbonyl (C=O) groups excluding carboxylic acids is 2. The van der Waals surface area contributed by atoms with Crippen LogP contribution >= 0.6 is 0 Å². The van der Waals surface area contributed by atoms with Gasteiger partial charge in [-0.3, -0.25) is 19.5 Å². The number of benzene rings is 1. The van der Waals surface area contributed by atoms with Crippen LogP contribution in [-0.2, 0) is 11.3 Å². The molecule has 1 aromatic carbocycles. The summed E-state index contributed by atoms with van der Waals surface area (Å²) in [6.45, 7) is 2.28. The molecule has 0 spiro atoms. The highest BCUT2D eigenvalue weighted by atomic mass is 16.3. The van der Waals surface area contributed by atoms with Gasteiger partial charge in [0.1, 0.15) is 5.76 Å². The van der Waals surface area contributed by atoms with E-state index in [1.165, 1.54) is 0 Å². The maximum absolute atomic E-state index is 13.0. The molecular weight excluding hydrogens is 342 g/mol. The van der Waals surface area contributed by atoms with Gasteiger partial charge in [0, 0.05) is 11.9 Å². The Morgan fingerprint density at radius 1 is 1.22 bits per heavy atom. The van der Waals surface area contributed by atoms with Gasteiger partial charge in [-0.25, -0.2) is 0 Å². The van der Waals surface area contributed by atoms with Crippen LogP contribution in [-0.4, -0.2) is 16.8 Å². The lowest BCUT2D eigenvalue weighted by atomic mass is 10.1. The molecule has 0 fully saturated rings. The van der Waals surface area contributed by atoms with Crippen molar-refractivity contribution < 1.29 is 14.0 Å². The Labute approximate surface area is 156 Å². The molecule has 2 amide bonds. The second kappa shape index (κ2) is 7.07. The SMILES string of the molecule is Cc1cccc(N2C(=O)c3cccnc3[C@@H]2CC(=O)NCc2ccco2)c1. The molecule has 0 unspecified atom stereocenters. The lowest BCUT2D eigenvalue weighted by Gasteiger charge is -2.25. The van der Waals surface area contributed by atoms with E-state index in [1.54, 1.807) is 41.6 Å². The molecular formula is C21H19N3O3. The molecule has 6 heteroatoms. The number of rotatable bonds is 5. The first-order valence-electron chi connectivity index (χ1n) is 8.77. The van der Waals surface area contributed by atoms with Crippen LogP contribution in [0.25, 0.3) is 0 Å². The maximum atomic E-state index is 13.0. The van der Waals surface area contributed by atoms with E-state index < -0.39 is 6.04 Å². The van der Waals surface area contributed by atoms with Crippen molar-refractivity contribution in [3.8, 4) is 0 Å². The van der Waals surface area contributed by atoms with Gasteiger partial charge in [-0.05, 0) is 48.9 Å². The highest BCUT2D eigenvalue weighted by molar-refractivity contribution is 6.11. The van der Waals surface area contributed by atoms with E-state index in [4.69, 9.17) is 4.42 Å². The molecule has 3 aromatic rings. The number of nitrogens with zero attached hydrogens (tertiary/aromatic N) is 2. The second-order valence-corrected chi connectivity index (χ2v) is 6.53. The number of hydrogen-bond acceptors (Lipinski definition) is 4. The van der Waals surface area contributed by atoms with E-state index in [1.807, 2.05) is 31.2 Å². The van der Waals surface area contributed by atoms with Crippen LogP contribution < -0.4 is 10.2 Å². The van der Waals surface area contributed by atoms with Crippen molar-refractivity contribution >= 4 is 17.5 Å². The monoisotopic (exact) mass is 361 g/mol. The summed E-state index contributed by atoms with van der Waals surface area (Å²) in [7, 11) is 0. The molecule has 0 radical (unpaired) electrons. The molecule has 1 N–H and O–H groups in total. The summed E-state index contributed by atoms with van der Waals surface area (Å²) in [6, 6.07) is 14.3. The number of carbonyl (C=O) groups is 2. The van der Waals surface area contributed by atoms with Gasteiger partial charge in [-0.2, -0.15) is 0 Å². The van der Waals surface area contributed by atoms with E-state index in [-0.39, 0.29) is 18.2 Å². The van der Waals surface area contributed by atoms with Crippen molar-refractivity contribution in [2.75, 3.05) is 4.90 Å². The first kappa shape index (κ1) is 17.0. The molecule has 0 saturated heterocycles. The average Bonchev–Trinajstić information content (AvgIpc) is 3.28. The van der Waals surface area contributed by atoms with Crippen molar-refractivity contribution in [1.82, 2.24) is 10.3 Å². The molecule has 1 aliphatic heterocycles. The van der Waals surface area contributed by atoms with E-state index in [0.29, 0.717) is 23.6 Å². The standard InChI is InChI=1S/C21H19N3O3/c1-14-5-2-6-15(11-14)24-18(20-17(21(24)26)8-3-9-22-20)12-19(25)23-13-16-7-4-10-27-16/h2-11,18H,12-13H2,1H3,(H,23,25)/t18-/m0/s1. The fourth-order valence-corrected chi connectivity index (χ4v) is 3.37. The van der Waals surface area contributed by atoms with Gasteiger partial charge in [0.05, 0.1) is 36.5 Å². The number of anilines is 1. The first-order chi connectivity index (χ1) is 13.1. The molecule has 136 valence electrons. The largest absolute Gasteiger partial charge is 0.467 e. The van der Waals surface area contributed by atoms with Crippen LogP contribution in [0.3, 0.4) is 0 Å². The molecule has 6 nitrogen and oxygen atoms in total. The molecule has 1 atom stereocenters. The van der Waals surface area contributed by atoms with Gasteiger partial charge in [0.15, 0.2) is 0 Å². The minimum Gasteiger partial charge on any atom is -0.467 e. The zero-order valence-electron chi connectivity index (χ0n) is 14.9. The van der Waals surface area contributed by atoms with Crippen LogP contribution in [0.5, 0.6) is 0 Å². The summed E-state index contributed by atoms with van der Waals surface area (Å²) in [6.07, 6.45) is 3.35. The predicted molar refractivity (Wildman–Crippen MR) is 100 cm³/mol. The maximum Gasteiger partial charge on any atom is 0.260 e. The minimum absolute atomic E-state index is 0.129. The zero-order chi connectivity index (χ0) is 18.8. The topological polar surface area (TPSA) is 75.4 Å². The Morgan fingerprint density at radius 3 is 2.89 bits per heavy atom. The molecule has 27 heavy (non-hydrogen) atoms. The van der Waals surface area contributed by atoms with Gasteiger partial charge in [0.2, 0.25) is 5.91 Å². The third-order valence-electron chi connectivity index (χ3n) is 4.61. The summed E-state index contributed by atoms with van der Waals surface area (Å²) >= 11 is 0.